The van der Waals surface area contributed by atoms with E-state index in [4.69, 9.17) is 9.47 Å². The number of nitrogens with zero attached hydrogens (tertiary/aromatic N) is 2. The van der Waals surface area contributed by atoms with Crippen LogP contribution in [-0.4, -0.2) is 28.7 Å². The monoisotopic (exact) mass is 443 g/mol. The number of nitrogens with one attached hydrogen (secondary N) is 1. The normalized spacial score (nSPS) is 10.8. The van der Waals surface area contributed by atoms with Crippen LogP contribution < -0.4 is 20.3 Å². The summed E-state index contributed by atoms with van der Waals surface area (Å²) < 4.78 is 12.7. The molecule has 0 bridgehead atoms. The van der Waals surface area contributed by atoms with Crippen molar-refractivity contribution in [3.63, 3.8) is 0 Å². The summed E-state index contributed by atoms with van der Waals surface area (Å²) in [5, 5.41) is 3.43. The zero-order chi connectivity index (χ0) is 23.4. The van der Waals surface area contributed by atoms with Crippen molar-refractivity contribution in [3.8, 4) is 17.2 Å². The Morgan fingerprint density at radius 2 is 1.70 bits per heavy atom. The van der Waals surface area contributed by atoms with E-state index in [0.29, 0.717) is 58.4 Å². The third-order valence-corrected chi connectivity index (χ3v) is 5.11. The standard InChI is InChI=1S/C26H25N3O4/c1-4-32-23-14-13-18(15-24(23)33-5-2)25(30)28-19-9-8-10-20(16-19)29-17(3)27-22-12-7-6-11-21(22)26(29)31/h6-16H,4-5H2,1-3H3,(H,28,30). The van der Waals surface area contributed by atoms with Gasteiger partial charge in [0.2, 0.25) is 0 Å². The number of aromatic nitrogens is 2. The molecule has 1 amide bonds. The lowest BCUT2D eigenvalue weighted by molar-refractivity contribution is 0.102. The molecule has 7 nitrogen and oxygen atoms in total. The first-order valence-corrected chi connectivity index (χ1v) is 10.8. The first-order chi connectivity index (χ1) is 16.0. The Morgan fingerprint density at radius 3 is 2.48 bits per heavy atom. The summed E-state index contributed by atoms with van der Waals surface area (Å²) in [4.78, 5) is 30.6. The first-order valence-electron chi connectivity index (χ1n) is 10.8. The molecule has 3 aromatic carbocycles. The Bertz CT molecular complexity index is 1380. The summed E-state index contributed by atoms with van der Waals surface area (Å²) in [6, 6.07) is 19.4. The summed E-state index contributed by atoms with van der Waals surface area (Å²) in [5.74, 6) is 1.38. The van der Waals surface area contributed by atoms with Crippen molar-refractivity contribution in [1.82, 2.24) is 9.55 Å². The molecule has 0 saturated carbocycles. The van der Waals surface area contributed by atoms with Crippen LogP contribution >= 0.6 is 0 Å². The molecular formula is C26H25N3O4. The van der Waals surface area contributed by atoms with Crippen molar-refractivity contribution < 1.29 is 14.3 Å². The van der Waals surface area contributed by atoms with Gasteiger partial charge < -0.3 is 14.8 Å². The van der Waals surface area contributed by atoms with Crippen LogP contribution in [0.2, 0.25) is 0 Å². The fourth-order valence-electron chi connectivity index (χ4n) is 3.67. The summed E-state index contributed by atoms with van der Waals surface area (Å²) >= 11 is 0. The molecule has 168 valence electrons. The molecule has 4 rings (SSSR count). The highest BCUT2D eigenvalue weighted by Crippen LogP contribution is 2.29. The lowest BCUT2D eigenvalue weighted by atomic mass is 10.1. The Hall–Kier alpha value is -4.13. The Morgan fingerprint density at radius 1 is 0.939 bits per heavy atom. The van der Waals surface area contributed by atoms with Crippen molar-refractivity contribution >= 4 is 22.5 Å². The van der Waals surface area contributed by atoms with Gasteiger partial charge in [0.15, 0.2) is 11.5 Å². The molecule has 0 aliphatic carbocycles. The van der Waals surface area contributed by atoms with Gasteiger partial charge in [0.1, 0.15) is 5.82 Å². The van der Waals surface area contributed by atoms with E-state index < -0.39 is 0 Å². The molecule has 0 aliphatic rings. The molecule has 7 heteroatoms. The fraction of sp³-hybridized carbons (Fsp3) is 0.192. The molecular weight excluding hydrogens is 418 g/mol. The molecule has 1 N–H and O–H groups in total. The Labute approximate surface area is 191 Å². The molecule has 1 aromatic heterocycles. The Balaban J connectivity index is 1.65. The summed E-state index contributed by atoms with van der Waals surface area (Å²) in [6.07, 6.45) is 0. The average molecular weight is 444 g/mol. The lowest BCUT2D eigenvalue weighted by Crippen LogP contribution is -2.22. The van der Waals surface area contributed by atoms with Gasteiger partial charge >= 0.3 is 0 Å². The highest BCUT2D eigenvalue weighted by molar-refractivity contribution is 6.04. The number of aryl methyl sites for hydroxylation is 1. The molecule has 0 saturated heterocycles. The van der Waals surface area contributed by atoms with Gasteiger partial charge in [0.05, 0.1) is 29.8 Å². The van der Waals surface area contributed by atoms with Gasteiger partial charge in [0.25, 0.3) is 11.5 Å². The largest absolute Gasteiger partial charge is 0.490 e. The predicted molar refractivity (Wildman–Crippen MR) is 129 cm³/mol. The summed E-state index contributed by atoms with van der Waals surface area (Å²) in [5.41, 5.74) is 2.11. The number of benzene rings is 3. The predicted octanol–water partition coefficient (Wildman–Crippen LogP) is 4.74. The molecule has 0 radical (unpaired) electrons. The zero-order valence-corrected chi connectivity index (χ0v) is 18.8. The van der Waals surface area contributed by atoms with Crippen LogP contribution in [0.4, 0.5) is 5.69 Å². The third kappa shape index (κ3) is 4.57. The van der Waals surface area contributed by atoms with Gasteiger partial charge in [0, 0.05) is 11.3 Å². The average Bonchev–Trinajstić information content (AvgIpc) is 2.81. The molecule has 33 heavy (non-hydrogen) atoms. The maximum absolute atomic E-state index is 13.1. The van der Waals surface area contributed by atoms with E-state index in [9.17, 15) is 9.59 Å². The topological polar surface area (TPSA) is 82.5 Å². The SMILES string of the molecule is CCOc1ccc(C(=O)Nc2cccc(-n3c(C)nc4ccccc4c3=O)c2)cc1OCC. The van der Waals surface area contributed by atoms with Gasteiger partial charge in [-0.05, 0) is 69.3 Å². The zero-order valence-electron chi connectivity index (χ0n) is 18.8. The van der Waals surface area contributed by atoms with E-state index in [1.54, 1.807) is 54.0 Å². The van der Waals surface area contributed by atoms with E-state index in [2.05, 4.69) is 10.3 Å². The number of hydrogen-bond acceptors (Lipinski definition) is 5. The maximum Gasteiger partial charge on any atom is 0.265 e. The second-order valence-electron chi connectivity index (χ2n) is 7.35. The van der Waals surface area contributed by atoms with Crippen LogP contribution in [0.5, 0.6) is 11.5 Å². The van der Waals surface area contributed by atoms with Gasteiger partial charge in [-0.15, -0.1) is 0 Å². The molecule has 1 heterocycles. The smallest absolute Gasteiger partial charge is 0.265 e. The molecule has 4 aromatic rings. The van der Waals surface area contributed by atoms with Crippen molar-refractivity contribution in [2.45, 2.75) is 20.8 Å². The molecule has 0 fully saturated rings. The lowest BCUT2D eigenvalue weighted by Gasteiger charge is -2.14. The minimum atomic E-state index is -0.295. The highest BCUT2D eigenvalue weighted by Gasteiger charge is 2.14. The number of ether oxygens (including phenoxy) is 2. The number of amides is 1. The Kier molecular flexibility index (Phi) is 6.40. The van der Waals surface area contributed by atoms with Crippen LogP contribution in [0.15, 0.2) is 71.5 Å². The van der Waals surface area contributed by atoms with Crippen LogP contribution in [0.25, 0.3) is 16.6 Å². The number of fused-ring (bicyclic) bond motifs is 1. The first kappa shape index (κ1) is 22.1. The number of carbonyl (C=O) groups is 1. The summed E-state index contributed by atoms with van der Waals surface area (Å²) in [7, 11) is 0. The number of carbonyl (C=O) groups excluding carboxylic acids is 1. The third-order valence-electron chi connectivity index (χ3n) is 5.11. The van der Waals surface area contributed by atoms with Crippen molar-refractivity contribution in [1.29, 1.82) is 0 Å². The fourth-order valence-corrected chi connectivity index (χ4v) is 3.67. The van der Waals surface area contributed by atoms with Crippen LogP contribution in [0, 0.1) is 6.92 Å². The number of para-hydroxylation sites is 1. The minimum absolute atomic E-state index is 0.158. The van der Waals surface area contributed by atoms with E-state index >= 15 is 0 Å². The minimum Gasteiger partial charge on any atom is -0.490 e. The van der Waals surface area contributed by atoms with Crippen molar-refractivity contribution in [2.75, 3.05) is 18.5 Å². The van der Waals surface area contributed by atoms with Gasteiger partial charge in [-0.2, -0.15) is 0 Å². The van der Waals surface area contributed by atoms with E-state index in [0.717, 1.165) is 0 Å². The van der Waals surface area contributed by atoms with Crippen LogP contribution in [0.3, 0.4) is 0 Å². The summed E-state index contributed by atoms with van der Waals surface area (Å²) in [6.45, 7) is 6.51. The number of rotatable bonds is 7. The maximum atomic E-state index is 13.1. The second kappa shape index (κ2) is 9.56. The quantitative estimate of drug-likeness (QED) is 0.446. The molecule has 0 unspecified atom stereocenters. The second-order valence-corrected chi connectivity index (χ2v) is 7.35. The molecule has 0 aliphatic heterocycles. The number of hydrogen-bond donors (Lipinski definition) is 1. The highest BCUT2D eigenvalue weighted by atomic mass is 16.5. The van der Waals surface area contributed by atoms with E-state index in [1.807, 2.05) is 38.1 Å². The van der Waals surface area contributed by atoms with Gasteiger partial charge in [-0.25, -0.2) is 4.98 Å². The van der Waals surface area contributed by atoms with Crippen molar-refractivity contribution in [3.05, 3.63) is 88.5 Å². The van der Waals surface area contributed by atoms with Crippen molar-refractivity contribution in [2.24, 2.45) is 0 Å². The molecule has 0 spiro atoms. The number of anilines is 1. The van der Waals surface area contributed by atoms with E-state index in [-0.39, 0.29) is 11.5 Å². The van der Waals surface area contributed by atoms with Gasteiger partial charge in [-0.1, -0.05) is 18.2 Å². The van der Waals surface area contributed by atoms with Crippen LogP contribution in [-0.2, 0) is 0 Å². The molecule has 0 atom stereocenters. The van der Waals surface area contributed by atoms with Gasteiger partial charge in [-0.3, -0.25) is 14.2 Å². The van der Waals surface area contributed by atoms with Crippen LogP contribution in [0.1, 0.15) is 30.0 Å². The van der Waals surface area contributed by atoms with E-state index in [1.165, 1.54) is 0 Å².